The Bertz CT molecular complexity index is 351. The second-order valence-corrected chi connectivity index (χ2v) is 3.15. The minimum absolute atomic E-state index is 0.114. The summed E-state index contributed by atoms with van der Waals surface area (Å²) in [6.07, 6.45) is 0. The quantitative estimate of drug-likeness (QED) is 0.742. The van der Waals surface area contributed by atoms with E-state index in [-0.39, 0.29) is 18.3 Å². The Morgan fingerprint density at radius 1 is 1.53 bits per heavy atom. The molecule has 0 heterocycles. The lowest BCUT2D eigenvalue weighted by Gasteiger charge is -2.09. The number of ether oxygens (including phenoxy) is 2. The van der Waals surface area contributed by atoms with E-state index >= 15 is 0 Å². The highest BCUT2D eigenvalue weighted by Crippen LogP contribution is 2.25. The fraction of sp³-hybridized carbons (Fsp3) is 0.300. The minimum atomic E-state index is -0.384. The average molecular weight is 228 g/mol. The third kappa shape index (κ3) is 3.14. The Kier molecular flexibility index (Phi) is 4.45. The molecule has 1 aromatic rings. The molecule has 0 atom stereocenters. The van der Waals surface area contributed by atoms with Crippen LogP contribution in [0.25, 0.3) is 0 Å². The molecule has 1 rings (SSSR count). The number of hydrogen-bond acceptors (Lipinski definition) is 4. The number of aliphatic hydroxyl groups excluding tert-OH is 1. The van der Waals surface area contributed by atoms with E-state index in [0.717, 1.165) is 0 Å². The molecule has 0 aromatic heterocycles. The monoisotopic (exact) mass is 228 g/mol. The van der Waals surface area contributed by atoms with Crippen molar-refractivity contribution >= 4 is 17.7 Å². The van der Waals surface area contributed by atoms with Crippen LogP contribution in [0.15, 0.2) is 18.2 Å². The molecule has 0 unspecified atom stereocenters. The fourth-order valence-electron chi connectivity index (χ4n) is 1.08. The van der Waals surface area contributed by atoms with Gasteiger partial charge in [-0.15, -0.1) is 12.6 Å². The van der Waals surface area contributed by atoms with Crippen LogP contribution in [0.5, 0.6) is 11.5 Å². The van der Waals surface area contributed by atoms with Gasteiger partial charge in [-0.2, -0.15) is 0 Å². The fourth-order valence-corrected chi connectivity index (χ4v) is 1.27. The van der Waals surface area contributed by atoms with Crippen LogP contribution in [0.1, 0.15) is 10.4 Å². The Morgan fingerprint density at radius 3 is 2.80 bits per heavy atom. The number of hydrogen-bond donors (Lipinski definition) is 2. The lowest BCUT2D eigenvalue weighted by Crippen LogP contribution is -2.05. The number of rotatable bonds is 5. The summed E-state index contributed by atoms with van der Waals surface area (Å²) >= 11 is 3.72. The molecule has 0 amide bonds. The van der Waals surface area contributed by atoms with Gasteiger partial charge in [0.25, 0.3) is 0 Å². The summed E-state index contributed by atoms with van der Waals surface area (Å²) in [6, 6.07) is 4.80. The predicted octanol–water partition coefficient (Wildman–Crippen LogP) is 1.14. The van der Waals surface area contributed by atoms with Gasteiger partial charge in [-0.05, 0) is 12.1 Å². The molecule has 0 aliphatic heterocycles. The topological polar surface area (TPSA) is 55.8 Å². The molecular formula is C10H12O4S. The van der Waals surface area contributed by atoms with Gasteiger partial charge in [0.05, 0.1) is 19.3 Å². The summed E-state index contributed by atoms with van der Waals surface area (Å²) < 4.78 is 10.2. The van der Waals surface area contributed by atoms with Gasteiger partial charge in [0.15, 0.2) is 0 Å². The molecule has 1 aromatic carbocycles. The number of thiol groups is 1. The highest BCUT2D eigenvalue weighted by atomic mass is 32.1. The van der Waals surface area contributed by atoms with Crippen LogP contribution >= 0.6 is 12.6 Å². The lowest BCUT2D eigenvalue weighted by atomic mass is 10.2. The number of aliphatic hydroxyl groups is 1. The van der Waals surface area contributed by atoms with Crippen molar-refractivity contribution in [1.82, 2.24) is 0 Å². The summed E-state index contributed by atoms with van der Waals surface area (Å²) in [7, 11) is 1.52. The SMILES string of the molecule is COc1ccc(C(=O)S)c(OCCO)c1. The summed E-state index contributed by atoms with van der Waals surface area (Å²) in [5.74, 6) is 0.949. The van der Waals surface area contributed by atoms with Crippen LogP contribution in [-0.4, -0.2) is 30.5 Å². The van der Waals surface area contributed by atoms with Gasteiger partial charge < -0.3 is 14.6 Å². The van der Waals surface area contributed by atoms with Crippen molar-refractivity contribution < 1.29 is 19.4 Å². The van der Waals surface area contributed by atoms with Crippen LogP contribution in [-0.2, 0) is 0 Å². The van der Waals surface area contributed by atoms with Crippen molar-refractivity contribution in [3.05, 3.63) is 23.8 Å². The smallest absolute Gasteiger partial charge is 0.220 e. The van der Waals surface area contributed by atoms with Crippen LogP contribution in [0.3, 0.4) is 0 Å². The molecule has 82 valence electrons. The zero-order chi connectivity index (χ0) is 11.3. The van der Waals surface area contributed by atoms with Crippen LogP contribution in [0, 0.1) is 0 Å². The van der Waals surface area contributed by atoms with Gasteiger partial charge in [-0.1, -0.05) is 0 Å². The first kappa shape index (κ1) is 11.9. The number of benzene rings is 1. The molecule has 1 N–H and O–H groups in total. The molecule has 5 heteroatoms. The molecule has 0 aliphatic carbocycles. The van der Waals surface area contributed by atoms with Crippen molar-refractivity contribution in [2.45, 2.75) is 0 Å². The van der Waals surface area contributed by atoms with Crippen LogP contribution in [0.2, 0.25) is 0 Å². The highest BCUT2D eigenvalue weighted by Gasteiger charge is 2.10. The van der Waals surface area contributed by atoms with Gasteiger partial charge >= 0.3 is 0 Å². The van der Waals surface area contributed by atoms with E-state index < -0.39 is 0 Å². The molecular weight excluding hydrogens is 216 g/mol. The molecule has 0 fully saturated rings. The second kappa shape index (κ2) is 5.63. The molecule has 0 saturated carbocycles. The Labute approximate surface area is 93.2 Å². The lowest BCUT2D eigenvalue weighted by molar-refractivity contribution is 0.108. The largest absolute Gasteiger partial charge is 0.497 e. The van der Waals surface area contributed by atoms with E-state index in [4.69, 9.17) is 14.6 Å². The van der Waals surface area contributed by atoms with Crippen LogP contribution in [0.4, 0.5) is 0 Å². The number of carbonyl (C=O) groups is 1. The van der Waals surface area contributed by atoms with Crippen molar-refractivity contribution in [3.8, 4) is 11.5 Å². The molecule has 0 radical (unpaired) electrons. The Hall–Kier alpha value is -1.20. The van der Waals surface area contributed by atoms with Gasteiger partial charge in [-0.25, -0.2) is 0 Å². The molecule has 0 spiro atoms. The molecule has 15 heavy (non-hydrogen) atoms. The third-order valence-electron chi connectivity index (χ3n) is 1.77. The standard InChI is InChI=1S/C10H12O4S/c1-13-7-2-3-8(10(12)15)9(6-7)14-5-4-11/h2-3,6,11H,4-5H2,1H3,(H,12,15). The maximum atomic E-state index is 11.1. The van der Waals surface area contributed by atoms with Crippen LogP contribution < -0.4 is 9.47 Å². The van der Waals surface area contributed by atoms with E-state index in [0.29, 0.717) is 17.1 Å². The molecule has 0 saturated heterocycles. The van der Waals surface area contributed by atoms with E-state index in [1.807, 2.05) is 0 Å². The van der Waals surface area contributed by atoms with Gasteiger partial charge in [0.2, 0.25) is 5.12 Å². The minimum Gasteiger partial charge on any atom is -0.497 e. The van der Waals surface area contributed by atoms with Gasteiger partial charge in [0.1, 0.15) is 18.1 Å². The Balaban J connectivity index is 2.99. The van der Waals surface area contributed by atoms with Gasteiger partial charge in [0, 0.05) is 6.07 Å². The first-order chi connectivity index (χ1) is 7.19. The summed E-state index contributed by atoms with van der Waals surface area (Å²) in [5, 5.41) is 8.24. The number of carbonyl (C=O) groups excluding carboxylic acids is 1. The normalized spacial score (nSPS) is 9.80. The zero-order valence-corrected chi connectivity index (χ0v) is 9.16. The van der Waals surface area contributed by atoms with Crippen molar-refractivity contribution in [2.24, 2.45) is 0 Å². The Morgan fingerprint density at radius 2 is 2.27 bits per heavy atom. The first-order valence-electron chi connectivity index (χ1n) is 4.34. The summed E-state index contributed by atoms with van der Waals surface area (Å²) in [5.41, 5.74) is 0.354. The van der Waals surface area contributed by atoms with E-state index in [9.17, 15) is 4.79 Å². The average Bonchev–Trinajstić information content (AvgIpc) is 2.25. The van der Waals surface area contributed by atoms with Crippen molar-refractivity contribution in [2.75, 3.05) is 20.3 Å². The van der Waals surface area contributed by atoms with Crippen molar-refractivity contribution in [3.63, 3.8) is 0 Å². The maximum Gasteiger partial charge on any atom is 0.220 e. The highest BCUT2D eigenvalue weighted by molar-refractivity contribution is 7.97. The zero-order valence-electron chi connectivity index (χ0n) is 8.27. The maximum absolute atomic E-state index is 11.1. The third-order valence-corrected chi connectivity index (χ3v) is 2.01. The molecule has 0 bridgehead atoms. The first-order valence-corrected chi connectivity index (χ1v) is 4.78. The second-order valence-electron chi connectivity index (χ2n) is 2.74. The number of methoxy groups -OCH3 is 1. The van der Waals surface area contributed by atoms with E-state index in [1.165, 1.54) is 7.11 Å². The van der Waals surface area contributed by atoms with Gasteiger partial charge in [-0.3, -0.25) is 4.79 Å². The summed E-state index contributed by atoms with van der Waals surface area (Å²) in [4.78, 5) is 11.1. The van der Waals surface area contributed by atoms with E-state index in [1.54, 1.807) is 18.2 Å². The molecule has 4 nitrogen and oxygen atoms in total. The summed E-state index contributed by atoms with van der Waals surface area (Å²) in [6.45, 7) is 0.0125. The predicted molar refractivity (Wildman–Crippen MR) is 58.9 cm³/mol. The van der Waals surface area contributed by atoms with E-state index in [2.05, 4.69) is 12.6 Å². The van der Waals surface area contributed by atoms with Crippen molar-refractivity contribution in [1.29, 1.82) is 0 Å². The molecule has 0 aliphatic rings.